The van der Waals surface area contributed by atoms with E-state index in [9.17, 15) is 9.59 Å². The van der Waals surface area contributed by atoms with Gasteiger partial charge in [-0.3, -0.25) is 0 Å². The molecule has 118 valence electrons. The number of aromatic nitrogens is 1. The molecule has 0 fully saturated rings. The first kappa shape index (κ1) is 15.7. The lowest BCUT2D eigenvalue weighted by molar-refractivity contribution is -0.145. The summed E-state index contributed by atoms with van der Waals surface area (Å²) in [5.74, 6) is -0.276. The summed E-state index contributed by atoms with van der Waals surface area (Å²) in [5, 5.41) is 0.615. The van der Waals surface area contributed by atoms with Gasteiger partial charge in [0.25, 0.3) is 0 Å². The number of hydrogen-bond donors (Lipinski definition) is 1. The van der Waals surface area contributed by atoms with Crippen molar-refractivity contribution < 1.29 is 28.5 Å². The van der Waals surface area contributed by atoms with Crippen LogP contribution in [-0.2, 0) is 14.3 Å². The van der Waals surface area contributed by atoms with E-state index in [0.29, 0.717) is 16.7 Å². The van der Waals surface area contributed by atoms with E-state index in [1.807, 2.05) is 0 Å². The first-order valence-corrected chi connectivity index (χ1v) is 6.67. The predicted molar refractivity (Wildman–Crippen MR) is 78.3 cm³/mol. The van der Waals surface area contributed by atoms with Crippen molar-refractivity contribution in [1.29, 1.82) is 0 Å². The van der Waals surface area contributed by atoms with Crippen LogP contribution in [0.25, 0.3) is 10.9 Å². The summed E-state index contributed by atoms with van der Waals surface area (Å²) in [7, 11) is 2.80. The smallest absolute Gasteiger partial charge is 0.358 e. The molecule has 0 aliphatic carbocycles. The lowest BCUT2D eigenvalue weighted by Gasteiger charge is -2.07. The van der Waals surface area contributed by atoms with Gasteiger partial charge in [-0.2, -0.15) is 0 Å². The number of hydrogen-bond acceptors (Lipinski definition) is 6. The molecule has 0 unspecified atom stereocenters. The van der Waals surface area contributed by atoms with Crippen LogP contribution >= 0.6 is 0 Å². The van der Waals surface area contributed by atoms with Crippen molar-refractivity contribution in [2.75, 3.05) is 27.4 Å². The van der Waals surface area contributed by atoms with Crippen LogP contribution in [0.5, 0.6) is 11.5 Å². The lowest BCUT2D eigenvalue weighted by Crippen LogP contribution is -2.16. The molecule has 0 aliphatic heterocycles. The van der Waals surface area contributed by atoms with Gasteiger partial charge >= 0.3 is 11.9 Å². The first-order valence-electron chi connectivity index (χ1n) is 6.67. The van der Waals surface area contributed by atoms with E-state index in [0.717, 1.165) is 0 Å². The third kappa shape index (κ3) is 3.13. The maximum absolute atomic E-state index is 11.8. The van der Waals surface area contributed by atoms with E-state index >= 15 is 0 Å². The minimum absolute atomic E-state index is 0.134. The Morgan fingerprint density at radius 2 is 2.00 bits per heavy atom. The average molecular weight is 307 g/mol. The van der Waals surface area contributed by atoms with E-state index in [2.05, 4.69) is 4.98 Å². The van der Waals surface area contributed by atoms with Crippen LogP contribution in [0, 0.1) is 0 Å². The maximum atomic E-state index is 11.8. The molecule has 0 spiro atoms. The van der Waals surface area contributed by atoms with Gasteiger partial charge in [-0.1, -0.05) is 0 Å². The molecule has 0 amide bonds. The van der Waals surface area contributed by atoms with Gasteiger partial charge < -0.3 is 23.9 Å². The molecular weight excluding hydrogens is 290 g/mol. The van der Waals surface area contributed by atoms with Gasteiger partial charge in [0.1, 0.15) is 5.75 Å². The summed E-state index contributed by atoms with van der Waals surface area (Å²) >= 11 is 0. The topological polar surface area (TPSA) is 86.9 Å². The van der Waals surface area contributed by atoms with Crippen molar-refractivity contribution in [3.05, 3.63) is 23.9 Å². The molecule has 0 atom stereocenters. The Morgan fingerprint density at radius 1 is 1.23 bits per heavy atom. The molecule has 0 radical (unpaired) electrons. The van der Waals surface area contributed by atoms with Crippen LogP contribution in [0.4, 0.5) is 0 Å². The molecule has 0 aliphatic rings. The fourth-order valence-corrected chi connectivity index (χ4v) is 2.00. The maximum Gasteiger partial charge on any atom is 0.358 e. The minimum Gasteiger partial charge on any atom is -0.497 e. The monoisotopic (exact) mass is 307 g/mol. The summed E-state index contributed by atoms with van der Waals surface area (Å²) in [6, 6.07) is 5.20. The zero-order valence-electron chi connectivity index (χ0n) is 12.6. The Bertz CT molecular complexity index is 691. The molecule has 1 aromatic heterocycles. The van der Waals surface area contributed by atoms with Crippen molar-refractivity contribution in [3.63, 3.8) is 0 Å². The highest BCUT2D eigenvalue weighted by Crippen LogP contribution is 2.33. The van der Waals surface area contributed by atoms with Gasteiger partial charge in [0.2, 0.25) is 0 Å². The number of esters is 2. The lowest BCUT2D eigenvalue weighted by atomic mass is 10.2. The van der Waals surface area contributed by atoms with E-state index in [1.54, 1.807) is 25.1 Å². The van der Waals surface area contributed by atoms with Crippen molar-refractivity contribution in [1.82, 2.24) is 4.98 Å². The standard InChI is InChI=1S/C15H17NO6/c1-4-21-12(17)8-22-14-10-7-9(19-2)5-6-11(10)16-13(14)15(18)20-3/h5-7,16H,4,8H2,1-3H3. The number of carbonyl (C=O) groups excluding carboxylic acids is 2. The van der Waals surface area contributed by atoms with Crippen LogP contribution in [0.2, 0.25) is 0 Å². The molecular formula is C15H17NO6. The number of benzene rings is 1. The summed E-state index contributed by atoms with van der Waals surface area (Å²) < 4.78 is 20.2. The molecule has 1 aromatic carbocycles. The molecule has 0 saturated heterocycles. The third-order valence-electron chi connectivity index (χ3n) is 2.99. The second kappa shape index (κ2) is 6.84. The highest BCUT2D eigenvalue weighted by Gasteiger charge is 2.21. The number of fused-ring (bicyclic) bond motifs is 1. The summed E-state index contributed by atoms with van der Waals surface area (Å²) in [6.07, 6.45) is 0. The number of nitrogens with one attached hydrogen (secondary N) is 1. The highest BCUT2D eigenvalue weighted by atomic mass is 16.6. The van der Waals surface area contributed by atoms with Crippen LogP contribution in [0.1, 0.15) is 17.4 Å². The molecule has 0 bridgehead atoms. The van der Waals surface area contributed by atoms with Crippen molar-refractivity contribution in [2.45, 2.75) is 6.92 Å². The number of H-pyrrole nitrogens is 1. The predicted octanol–water partition coefficient (Wildman–Crippen LogP) is 1.90. The quantitative estimate of drug-likeness (QED) is 0.820. The van der Waals surface area contributed by atoms with Gasteiger partial charge in [-0.05, 0) is 25.1 Å². The minimum atomic E-state index is -0.589. The molecule has 7 heteroatoms. The van der Waals surface area contributed by atoms with E-state index in [-0.39, 0.29) is 24.7 Å². The highest BCUT2D eigenvalue weighted by molar-refractivity contribution is 6.01. The number of aromatic amines is 1. The van der Waals surface area contributed by atoms with Crippen LogP contribution in [0.3, 0.4) is 0 Å². The van der Waals surface area contributed by atoms with Gasteiger partial charge in [0.05, 0.1) is 26.3 Å². The Kier molecular flexibility index (Phi) is 4.88. The Morgan fingerprint density at radius 3 is 2.64 bits per heavy atom. The van der Waals surface area contributed by atoms with Crippen LogP contribution in [-0.4, -0.2) is 44.4 Å². The molecule has 7 nitrogen and oxygen atoms in total. The SMILES string of the molecule is CCOC(=O)COc1c(C(=O)OC)[nH]c2ccc(OC)cc12. The van der Waals surface area contributed by atoms with Crippen molar-refractivity contribution in [3.8, 4) is 11.5 Å². The zero-order valence-corrected chi connectivity index (χ0v) is 12.6. The largest absolute Gasteiger partial charge is 0.497 e. The second-order valence-electron chi connectivity index (χ2n) is 4.33. The number of rotatable bonds is 6. The molecule has 2 rings (SSSR count). The van der Waals surface area contributed by atoms with E-state index in [1.165, 1.54) is 14.2 Å². The normalized spacial score (nSPS) is 10.3. The second-order valence-corrected chi connectivity index (χ2v) is 4.33. The molecule has 22 heavy (non-hydrogen) atoms. The zero-order chi connectivity index (χ0) is 16.1. The van der Waals surface area contributed by atoms with E-state index in [4.69, 9.17) is 18.9 Å². The fourth-order valence-electron chi connectivity index (χ4n) is 2.00. The fraction of sp³-hybridized carbons (Fsp3) is 0.333. The number of ether oxygens (including phenoxy) is 4. The Labute approximate surface area is 127 Å². The van der Waals surface area contributed by atoms with Crippen LogP contribution in [0.15, 0.2) is 18.2 Å². The Balaban J connectivity index is 2.41. The van der Waals surface area contributed by atoms with Gasteiger partial charge in [0.15, 0.2) is 18.1 Å². The summed E-state index contributed by atoms with van der Waals surface area (Å²) in [4.78, 5) is 26.2. The van der Waals surface area contributed by atoms with Crippen LogP contribution < -0.4 is 9.47 Å². The molecule has 1 N–H and O–H groups in total. The van der Waals surface area contributed by atoms with Gasteiger partial charge in [-0.15, -0.1) is 0 Å². The third-order valence-corrected chi connectivity index (χ3v) is 2.99. The number of methoxy groups -OCH3 is 2. The average Bonchev–Trinajstić information content (AvgIpc) is 2.90. The van der Waals surface area contributed by atoms with Crippen molar-refractivity contribution in [2.24, 2.45) is 0 Å². The summed E-state index contributed by atoms with van der Waals surface area (Å²) in [6.45, 7) is 1.66. The number of carbonyl (C=O) groups is 2. The molecule has 1 heterocycles. The van der Waals surface area contributed by atoms with E-state index < -0.39 is 11.9 Å². The van der Waals surface area contributed by atoms with Gasteiger partial charge in [0, 0.05) is 5.39 Å². The molecule has 0 saturated carbocycles. The Hall–Kier alpha value is -2.70. The molecule has 2 aromatic rings. The van der Waals surface area contributed by atoms with Gasteiger partial charge in [-0.25, -0.2) is 9.59 Å². The summed E-state index contributed by atoms with van der Waals surface area (Å²) in [5.41, 5.74) is 0.801. The first-order chi connectivity index (χ1) is 10.6. The van der Waals surface area contributed by atoms with Crippen molar-refractivity contribution >= 4 is 22.8 Å².